The molecule has 0 atom stereocenters. The summed E-state index contributed by atoms with van der Waals surface area (Å²) in [6.07, 6.45) is 1.69. The first-order valence-electron chi connectivity index (χ1n) is 7.39. The second kappa shape index (κ2) is 6.65. The third-order valence-electron chi connectivity index (χ3n) is 3.81. The molecule has 1 aromatic heterocycles. The van der Waals surface area contributed by atoms with Crippen molar-refractivity contribution in [2.45, 2.75) is 0 Å². The van der Waals surface area contributed by atoms with Crippen LogP contribution in [0.15, 0.2) is 36.5 Å². The Morgan fingerprint density at radius 2 is 2.05 bits per heavy atom. The van der Waals surface area contributed by atoms with E-state index in [9.17, 15) is 4.79 Å². The van der Waals surface area contributed by atoms with Gasteiger partial charge in [0.1, 0.15) is 5.69 Å². The maximum Gasteiger partial charge on any atom is 0.270 e. The van der Waals surface area contributed by atoms with Gasteiger partial charge in [0.2, 0.25) is 0 Å². The first-order chi connectivity index (χ1) is 10.3. The van der Waals surface area contributed by atoms with Crippen LogP contribution in [0.5, 0.6) is 0 Å². The van der Waals surface area contributed by atoms with E-state index >= 15 is 0 Å². The number of carbonyl (C=O) groups is 1. The van der Waals surface area contributed by atoms with Gasteiger partial charge in [0.25, 0.3) is 5.91 Å². The summed E-state index contributed by atoms with van der Waals surface area (Å²) in [6, 6.07) is 9.75. The Bertz CT molecular complexity index is 617. The Balaban J connectivity index is 1.61. The van der Waals surface area contributed by atoms with Gasteiger partial charge in [0.05, 0.1) is 0 Å². The number of aromatic nitrogens is 1. The number of rotatable bonds is 4. The van der Waals surface area contributed by atoms with Gasteiger partial charge in [0, 0.05) is 50.9 Å². The normalized spacial score (nSPS) is 16.0. The smallest absolute Gasteiger partial charge is 0.270 e. The van der Waals surface area contributed by atoms with Gasteiger partial charge < -0.3 is 10.6 Å². The molecule has 2 N–H and O–H groups in total. The van der Waals surface area contributed by atoms with Crippen LogP contribution in [0, 0.1) is 0 Å². The SMILES string of the molecule is O=C(NCCN1CCNCC1)c1nccc2ccccc12. The Labute approximate surface area is 124 Å². The Hall–Kier alpha value is -1.98. The van der Waals surface area contributed by atoms with E-state index in [0.29, 0.717) is 12.2 Å². The topological polar surface area (TPSA) is 57.3 Å². The predicted molar refractivity (Wildman–Crippen MR) is 83.4 cm³/mol. The number of fused-ring (bicyclic) bond motifs is 1. The van der Waals surface area contributed by atoms with Crippen molar-refractivity contribution in [1.29, 1.82) is 0 Å². The fourth-order valence-corrected chi connectivity index (χ4v) is 2.65. The number of hydrogen-bond donors (Lipinski definition) is 2. The summed E-state index contributed by atoms with van der Waals surface area (Å²) >= 11 is 0. The van der Waals surface area contributed by atoms with E-state index in [0.717, 1.165) is 43.5 Å². The average molecular weight is 284 g/mol. The van der Waals surface area contributed by atoms with Crippen molar-refractivity contribution >= 4 is 16.7 Å². The Kier molecular flexibility index (Phi) is 4.43. The van der Waals surface area contributed by atoms with Crippen molar-refractivity contribution < 1.29 is 4.79 Å². The minimum Gasteiger partial charge on any atom is -0.349 e. The van der Waals surface area contributed by atoms with Crippen LogP contribution in [-0.2, 0) is 0 Å². The highest BCUT2D eigenvalue weighted by molar-refractivity contribution is 6.05. The molecule has 3 rings (SSSR count). The van der Waals surface area contributed by atoms with Crippen LogP contribution >= 0.6 is 0 Å². The molecule has 0 unspecified atom stereocenters. The molecule has 5 heteroatoms. The minimum atomic E-state index is -0.0954. The zero-order valence-corrected chi connectivity index (χ0v) is 12.0. The molecule has 1 aromatic carbocycles. The number of hydrogen-bond acceptors (Lipinski definition) is 4. The molecule has 5 nitrogen and oxygen atoms in total. The lowest BCUT2D eigenvalue weighted by molar-refractivity contribution is 0.0944. The van der Waals surface area contributed by atoms with Gasteiger partial charge in [-0.05, 0) is 11.5 Å². The maximum atomic E-state index is 12.3. The monoisotopic (exact) mass is 284 g/mol. The Morgan fingerprint density at radius 1 is 1.24 bits per heavy atom. The van der Waals surface area contributed by atoms with Gasteiger partial charge in [-0.25, -0.2) is 0 Å². The van der Waals surface area contributed by atoms with E-state index in [4.69, 9.17) is 0 Å². The van der Waals surface area contributed by atoms with Crippen molar-refractivity contribution in [3.8, 4) is 0 Å². The fraction of sp³-hybridized carbons (Fsp3) is 0.375. The van der Waals surface area contributed by atoms with Crippen molar-refractivity contribution in [1.82, 2.24) is 20.5 Å². The fourth-order valence-electron chi connectivity index (χ4n) is 2.65. The summed E-state index contributed by atoms with van der Waals surface area (Å²) in [5.74, 6) is -0.0954. The second-order valence-corrected chi connectivity index (χ2v) is 5.23. The molecule has 2 aromatic rings. The predicted octanol–water partition coefficient (Wildman–Crippen LogP) is 0.870. The molecule has 1 aliphatic rings. The number of pyridine rings is 1. The van der Waals surface area contributed by atoms with Gasteiger partial charge in [-0.15, -0.1) is 0 Å². The van der Waals surface area contributed by atoms with E-state index in [2.05, 4.69) is 20.5 Å². The van der Waals surface area contributed by atoms with Gasteiger partial charge in [-0.3, -0.25) is 14.7 Å². The number of carbonyl (C=O) groups excluding carboxylic acids is 1. The van der Waals surface area contributed by atoms with E-state index < -0.39 is 0 Å². The van der Waals surface area contributed by atoms with Gasteiger partial charge >= 0.3 is 0 Å². The molecule has 0 spiro atoms. The lowest BCUT2D eigenvalue weighted by atomic mass is 10.1. The first-order valence-corrected chi connectivity index (χ1v) is 7.39. The summed E-state index contributed by atoms with van der Waals surface area (Å²) in [5.41, 5.74) is 0.508. The standard InChI is InChI=1S/C16H20N4O/c21-16(19-9-12-20-10-7-17-8-11-20)15-14-4-2-1-3-13(14)5-6-18-15/h1-6,17H,7-12H2,(H,19,21). The minimum absolute atomic E-state index is 0.0954. The Morgan fingerprint density at radius 3 is 2.90 bits per heavy atom. The highest BCUT2D eigenvalue weighted by Gasteiger charge is 2.12. The van der Waals surface area contributed by atoms with Crippen LogP contribution in [0.2, 0.25) is 0 Å². The molecule has 110 valence electrons. The number of amides is 1. The lowest BCUT2D eigenvalue weighted by Crippen LogP contribution is -2.46. The molecule has 0 aliphatic carbocycles. The van der Waals surface area contributed by atoms with Crippen LogP contribution in [0.3, 0.4) is 0 Å². The average Bonchev–Trinajstić information content (AvgIpc) is 2.55. The quantitative estimate of drug-likeness (QED) is 0.875. The molecular weight excluding hydrogens is 264 g/mol. The lowest BCUT2D eigenvalue weighted by Gasteiger charge is -2.27. The molecule has 2 heterocycles. The van der Waals surface area contributed by atoms with E-state index in [-0.39, 0.29) is 5.91 Å². The largest absolute Gasteiger partial charge is 0.349 e. The van der Waals surface area contributed by atoms with Crippen LogP contribution in [0.25, 0.3) is 10.8 Å². The molecule has 0 bridgehead atoms. The molecule has 1 fully saturated rings. The van der Waals surface area contributed by atoms with Crippen LogP contribution in [0.4, 0.5) is 0 Å². The first kappa shape index (κ1) is 14.0. The number of nitrogens with zero attached hydrogens (tertiary/aromatic N) is 2. The number of nitrogens with one attached hydrogen (secondary N) is 2. The number of piperazine rings is 1. The third kappa shape index (κ3) is 3.37. The molecular formula is C16H20N4O. The third-order valence-corrected chi connectivity index (χ3v) is 3.81. The maximum absolute atomic E-state index is 12.3. The summed E-state index contributed by atoms with van der Waals surface area (Å²) in [7, 11) is 0. The molecule has 0 saturated carbocycles. The molecule has 21 heavy (non-hydrogen) atoms. The summed E-state index contributed by atoms with van der Waals surface area (Å²) in [4.78, 5) is 18.9. The highest BCUT2D eigenvalue weighted by Crippen LogP contribution is 2.15. The molecule has 0 radical (unpaired) electrons. The van der Waals surface area contributed by atoms with Crippen LogP contribution in [0.1, 0.15) is 10.5 Å². The second-order valence-electron chi connectivity index (χ2n) is 5.23. The van der Waals surface area contributed by atoms with E-state index in [1.807, 2.05) is 30.3 Å². The van der Waals surface area contributed by atoms with Crippen LogP contribution < -0.4 is 10.6 Å². The van der Waals surface area contributed by atoms with Gasteiger partial charge in [-0.1, -0.05) is 24.3 Å². The van der Waals surface area contributed by atoms with E-state index in [1.54, 1.807) is 6.20 Å². The van der Waals surface area contributed by atoms with Crippen LogP contribution in [-0.4, -0.2) is 55.1 Å². The van der Waals surface area contributed by atoms with Crippen molar-refractivity contribution in [2.75, 3.05) is 39.3 Å². The van der Waals surface area contributed by atoms with Crippen molar-refractivity contribution in [2.24, 2.45) is 0 Å². The summed E-state index contributed by atoms with van der Waals surface area (Å²) in [6.45, 7) is 5.68. The summed E-state index contributed by atoms with van der Waals surface area (Å²) in [5, 5.41) is 8.24. The number of benzene rings is 1. The zero-order chi connectivity index (χ0) is 14.5. The molecule has 1 amide bonds. The highest BCUT2D eigenvalue weighted by atomic mass is 16.1. The molecule has 1 aliphatic heterocycles. The zero-order valence-electron chi connectivity index (χ0n) is 12.0. The van der Waals surface area contributed by atoms with Crippen molar-refractivity contribution in [3.63, 3.8) is 0 Å². The van der Waals surface area contributed by atoms with Gasteiger partial charge in [0.15, 0.2) is 0 Å². The summed E-state index contributed by atoms with van der Waals surface area (Å²) < 4.78 is 0. The van der Waals surface area contributed by atoms with Crippen molar-refractivity contribution in [3.05, 3.63) is 42.2 Å². The van der Waals surface area contributed by atoms with Gasteiger partial charge in [-0.2, -0.15) is 0 Å². The van der Waals surface area contributed by atoms with E-state index in [1.165, 1.54) is 0 Å². The molecule has 1 saturated heterocycles.